The molecule has 0 atom stereocenters. The Balaban J connectivity index is 2.05. The summed E-state index contributed by atoms with van der Waals surface area (Å²) in [6.07, 6.45) is 2.53. The highest BCUT2D eigenvalue weighted by atomic mass is 79.9. The molecule has 1 N–H and O–H groups in total. The first kappa shape index (κ1) is 18.2. The second-order valence-corrected chi connectivity index (χ2v) is 7.68. The molecule has 8 heteroatoms. The third kappa shape index (κ3) is 5.17. The fraction of sp³-hybridized carbons (Fsp3) is 0.125. The van der Waals surface area contributed by atoms with Gasteiger partial charge in [-0.2, -0.15) is 5.10 Å². The van der Waals surface area contributed by atoms with E-state index < -0.39 is 15.9 Å². The number of anilines is 1. The molecule has 2 aromatic rings. The van der Waals surface area contributed by atoms with E-state index in [1.807, 2.05) is 24.3 Å². The summed E-state index contributed by atoms with van der Waals surface area (Å²) < 4.78 is 25.7. The zero-order valence-electron chi connectivity index (χ0n) is 12.9. The minimum Gasteiger partial charge on any atom is -0.271 e. The monoisotopic (exact) mass is 409 g/mol. The lowest BCUT2D eigenvalue weighted by molar-refractivity contribution is -0.119. The zero-order valence-corrected chi connectivity index (χ0v) is 15.3. The van der Waals surface area contributed by atoms with Crippen LogP contribution in [0.3, 0.4) is 0 Å². The summed E-state index contributed by atoms with van der Waals surface area (Å²) in [6, 6.07) is 15.8. The Morgan fingerprint density at radius 3 is 2.42 bits per heavy atom. The molecule has 0 fully saturated rings. The highest BCUT2D eigenvalue weighted by Gasteiger charge is 2.20. The Kier molecular flexibility index (Phi) is 6.10. The van der Waals surface area contributed by atoms with Gasteiger partial charge in [0.1, 0.15) is 6.54 Å². The van der Waals surface area contributed by atoms with Crippen molar-refractivity contribution in [3.8, 4) is 0 Å². The van der Waals surface area contributed by atoms with Crippen LogP contribution in [0.1, 0.15) is 5.56 Å². The molecule has 0 aromatic heterocycles. The second kappa shape index (κ2) is 8.07. The van der Waals surface area contributed by atoms with Crippen LogP contribution >= 0.6 is 15.9 Å². The van der Waals surface area contributed by atoms with Crippen molar-refractivity contribution >= 4 is 43.8 Å². The summed E-state index contributed by atoms with van der Waals surface area (Å²) in [5, 5.41) is 3.86. The number of halogens is 1. The molecule has 2 aromatic carbocycles. The van der Waals surface area contributed by atoms with E-state index in [2.05, 4.69) is 26.5 Å². The Morgan fingerprint density at radius 2 is 1.79 bits per heavy atom. The van der Waals surface area contributed by atoms with Crippen LogP contribution in [0.25, 0.3) is 0 Å². The summed E-state index contributed by atoms with van der Waals surface area (Å²) in [4.78, 5) is 12.0. The number of hydrogen-bond donors (Lipinski definition) is 1. The third-order valence-electron chi connectivity index (χ3n) is 3.03. The summed E-state index contributed by atoms with van der Waals surface area (Å²) in [5.41, 5.74) is 3.55. The fourth-order valence-electron chi connectivity index (χ4n) is 1.91. The quantitative estimate of drug-likeness (QED) is 0.587. The van der Waals surface area contributed by atoms with Gasteiger partial charge in [-0.1, -0.05) is 52.3 Å². The minimum atomic E-state index is -3.58. The number of rotatable bonds is 6. The van der Waals surface area contributed by atoms with Gasteiger partial charge in [-0.25, -0.2) is 13.8 Å². The Bertz CT molecular complexity index is 839. The van der Waals surface area contributed by atoms with Gasteiger partial charge >= 0.3 is 0 Å². The molecule has 0 saturated carbocycles. The largest absolute Gasteiger partial charge is 0.271 e. The van der Waals surface area contributed by atoms with Crippen molar-refractivity contribution in [1.82, 2.24) is 5.43 Å². The molecule has 0 bridgehead atoms. The van der Waals surface area contributed by atoms with Crippen LogP contribution in [0.5, 0.6) is 0 Å². The molecule has 0 heterocycles. The molecule has 0 aliphatic rings. The van der Waals surface area contributed by atoms with Crippen molar-refractivity contribution in [3.63, 3.8) is 0 Å². The zero-order chi connectivity index (χ0) is 17.6. The standard InChI is InChI=1S/C16H16BrN3O3S/c1-24(22,23)20(14-8-3-2-4-9-14)12-16(21)19-18-11-13-7-5-6-10-15(13)17/h2-11H,12H2,1H3,(H,19,21)/b18-11-. The van der Waals surface area contributed by atoms with Crippen molar-refractivity contribution in [1.29, 1.82) is 0 Å². The van der Waals surface area contributed by atoms with Crippen molar-refractivity contribution < 1.29 is 13.2 Å². The molecular weight excluding hydrogens is 394 g/mol. The van der Waals surface area contributed by atoms with Gasteiger partial charge in [0, 0.05) is 10.0 Å². The number of benzene rings is 2. The highest BCUT2D eigenvalue weighted by Crippen LogP contribution is 2.16. The van der Waals surface area contributed by atoms with Crippen LogP contribution in [0, 0.1) is 0 Å². The van der Waals surface area contributed by atoms with E-state index in [1.54, 1.807) is 30.3 Å². The summed E-state index contributed by atoms with van der Waals surface area (Å²) in [7, 11) is -3.58. The molecule has 0 unspecified atom stereocenters. The van der Waals surface area contributed by atoms with Crippen molar-refractivity contribution in [2.75, 3.05) is 17.1 Å². The average molecular weight is 410 g/mol. The lowest BCUT2D eigenvalue weighted by Crippen LogP contribution is -2.38. The van der Waals surface area contributed by atoms with Crippen LogP contribution < -0.4 is 9.73 Å². The number of amides is 1. The average Bonchev–Trinajstić information content (AvgIpc) is 2.54. The number of para-hydroxylation sites is 1. The number of hydrazone groups is 1. The maximum atomic E-state index is 12.0. The number of sulfonamides is 1. The van der Waals surface area contributed by atoms with Crippen LogP contribution in [-0.2, 0) is 14.8 Å². The van der Waals surface area contributed by atoms with E-state index in [4.69, 9.17) is 0 Å². The molecule has 126 valence electrons. The molecule has 0 aliphatic carbocycles. The number of nitrogens with zero attached hydrogens (tertiary/aromatic N) is 2. The number of carbonyl (C=O) groups is 1. The van der Waals surface area contributed by atoms with Gasteiger partial charge in [-0.05, 0) is 18.2 Å². The van der Waals surface area contributed by atoms with Crippen LogP contribution in [0.2, 0.25) is 0 Å². The summed E-state index contributed by atoms with van der Waals surface area (Å²) >= 11 is 3.37. The predicted molar refractivity (Wildman–Crippen MR) is 98.5 cm³/mol. The van der Waals surface area contributed by atoms with Crippen molar-refractivity contribution in [3.05, 3.63) is 64.6 Å². The highest BCUT2D eigenvalue weighted by molar-refractivity contribution is 9.10. The smallest absolute Gasteiger partial charge is 0.260 e. The molecule has 24 heavy (non-hydrogen) atoms. The predicted octanol–water partition coefficient (Wildman–Crippen LogP) is 2.37. The van der Waals surface area contributed by atoms with Gasteiger partial charge in [0.2, 0.25) is 10.0 Å². The molecule has 0 saturated heterocycles. The van der Waals surface area contributed by atoms with E-state index in [9.17, 15) is 13.2 Å². The Hall–Kier alpha value is -2.19. The fourth-order valence-corrected chi connectivity index (χ4v) is 3.16. The molecule has 1 amide bonds. The van der Waals surface area contributed by atoms with Crippen LogP contribution in [0.4, 0.5) is 5.69 Å². The molecule has 0 aliphatic heterocycles. The first-order chi connectivity index (χ1) is 11.4. The summed E-state index contributed by atoms with van der Waals surface area (Å²) in [6.45, 7) is -0.351. The number of hydrogen-bond acceptors (Lipinski definition) is 4. The first-order valence-electron chi connectivity index (χ1n) is 6.97. The van der Waals surface area contributed by atoms with E-state index in [0.717, 1.165) is 20.6 Å². The minimum absolute atomic E-state index is 0.351. The van der Waals surface area contributed by atoms with Crippen molar-refractivity contribution in [2.24, 2.45) is 5.10 Å². The molecule has 6 nitrogen and oxygen atoms in total. The normalized spacial score (nSPS) is 11.4. The topological polar surface area (TPSA) is 78.8 Å². The molecular formula is C16H16BrN3O3S. The van der Waals surface area contributed by atoms with Gasteiger partial charge in [-0.15, -0.1) is 0 Å². The van der Waals surface area contributed by atoms with Crippen molar-refractivity contribution in [2.45, 2.75) is 0 Å². The maximum absolute atomic E-state index is 12.0. The third-order valence-corrected chi connectivity index (χ3v) is 4.89. The van der Waals surface area contributed by atoms with Gasteiger partial charge in [0.05, 0.1) is 18.2 Å². The number of carbonyl (C=O) groups excluding carboxylic acids is 1. The van der Waals surface area contributed by atoms with Gasteiger partial charge in [0.25, 0.3) is 5.91 Å². The lowest BCUT2D eigenvalue weighted by Gasteiger charge is -2.21. The Labute approximate surface area is 149 Å². The SMILES string of the molecule is CS(=O)(=O)N(CC(=O)N/N=C\c1ccccc1Br)c1ccccc1. The molecule has 0 radical (unpaired) electrons. The van der Waals surface area contributed by atoms with E-state index in [1.165, 1.54) is 6.21 Å². The van der Waals surface area contributed by atoms with E-state index in [-0.39, 0.29) is 6.54 Å². The van der Waals surface area contributed by atoms with Gasteiger partial charge in [-0.3, -0.25) is 9.10 Å². The maximum Gasteiger partial charge on any atom is 0.260 e. The molecule has 2 rings (SSSR count). The van der Waals surface area contributed by atoms with Gasteiger partial charge < -0.3 is 0 Å². The van der Waals surface area contributed by atoms with Crippen LogP contribution in [0.15, 0.2) is 64.2 Å². The number of nitrogens with one attached hydrogen (secondary N) is 1. The Morgan fingerprint density at radius 1 is 1.17 bits per heavy atom. The second-order valence-electron chi connectivity index (χ2n) is 4.92. The van der Waals surface area contributed by atoms with Gasteiger partial charge in [0.15, 0.2) is 0 Å². The van der Waals surface area contributed by atoms with E-state index >= 15 is 0 Å². The lowest BCUT2D eigenvalue weighted by atomic mass is 10.2. The first-order valence-corrected chi connectivity index (χ1v) is 9.61. The summed E-state index contributed by atoms with van der Waals surface area (Å²) in [5.74, 6) is -0.535. The molecule has 0 spiro atoms. The van der Waals surface area contributed by atoms with E-state index in [0.29, 0.717) is 5.69 Å². The van der Waals surface area contributed by atoms with Crippen LogP contribution in [-0.4, -0.2) is 33.3 Å².